The number of nitrogens with one attached hydrogen (secondary N) is 1. The highest BCUT2D eigenvalue weighted by Gasteiger charge is 2.25. The van der Waals surface area contributed by atoms with Crippen LogP contribution in [0.15, 0.2) is 12.1 Å². The average molecular weight is 411 g/mol. The van der Waals surface area contributed by atoms with E-state index >= 15 is 0 Å². The number of hydrogen-bond donors (Lipinski definition) is 1. The molecule has 1 N–H and O–H groups in total. The third-order valence-electron chi connectivity index (χ3n) is 5.43. The predicted octanol–water partition coefficient (Wildman–Crippen LogP) is 4.12. The van der Waals surface area contributed by atoms with Gasteiger partial charge in [0.1, 0.15) is 0 Å². The van der Waals surface area contributed by atoms with Crippen molar-refractivity contribution >= 4 is 5.91 Å². The fourth-order valence-corrected chi connectivity index (χ4v) is 3.53. The second kappa shape index (κ2) is 10.3. The molecule has 1 aromatic carbocycles. The smallest absolute Gasteiger partial charge is 0.217 e. The van der Waals surface area contributed by atoms with E-state index in [-0.39, 0.29) is 42.1 Å². The molecule has 0 radical (unpaired) electrons. The first-order chi connectivity index (χ1) is 13.9. The second-order valence-electron chi connectivity index (χ2n) is 8.25. The first-order valence-electron chi connectivity index (χ1n) is 10.5. The quantitative estimate of drug-likeness (QED) is 0.629. The van der Waals surface area contributed by atoms with Crippen LogP contribution in [0.3, 0.4) is 0 Å². The van der Waals surface area contributed by atoms with Crippen LogP contribution in [0.4, 0.5) is 8.78 Å². The summed E-state index contributed by atoms with van der Waals surface area (Å²) in [6, 6.07) is 3.01. The van der Waals surface area contributed by atoms with Crippen molar-refractivity contribution in [2.45, 2.75) is 77.2 Å². The van der Waals surface area contributed by atoms with Crippen LogP contribution in [0, 0.1) is 17.6 Å². The highest BCUT2D eigenvalue weighted by atomic mass is 19.2. The molecule has 1 atom stereocenters. The topological polar surface area (TPSA) is 56.8 Å². The van der Waals surface area contributed by atoms with Gasteiger partial charge in [-0.05, 0) is 63.5 Å². The maximum Gasteiger partial charge on any atom is 0.217 e. The summed E-state index contributed by atoms with van der Waals surface area (Å²) in [7, 11) is 0. The lowest BCUT2D eigenvalue weighted by molar-refractivity contribution is -0.120. The fourth-order valence-electron chi connectivity index (χ4n) is 3.53. The molecule has 1 aromatic rings. The molecule has 5 nitrogen and oxygen atoms in total. The van der Waals surface area contributed by atoms with E-state index in [4.69, 9.17) is 14.2 Å². The number of carbonyl (C=O) groups is 1. The molecule has 2 aliphatic rings. The van der Waals surface area contributed by atoms with Crippen LogP contribution < -0.4 is 10.1 Å². The standard InChI is InChI=1S/C22H31F2NO4/c1-14(25-15(2)26)11-27-18-6-8-19(9-7-18)28-13-17-5-10-20(22(24)21(17)23)29-12-16-3-4-16/h5,10,14,16,18-19H,3-4,6-9,11-13H2,1-2H3,(H,25,26)/t14-,18?,19?/m0/s1. The van der Waals surface area contributed by atoms with Gasteiger partial charge in [0.25, 0.3) is 0 Å². The lowest BCUT2D eigenvalue weighted by Gasteiger charge is -2.29. The van der Waals surface area contributed by atoms with E-state index in [0.717, 1.165) is 38.5 Å². The Balaban J connectivity index is 1.38. The molecule has 29 heavy (non-hydrogen) atoms. The second-order valence-corrected chi connectivity index (χ2v) is 8.25. The van der Waals surface area contributed by atoms with Crippen molar-refractivity contribution in [1.82, 2.24) is 5.32 Å². The van der Waals surface area contributed by atoms with Gasteiger partial charge in [-0.3, -0.25) is 4.79 Å². The van der Waals surface area contributed by atoms with E-state index in [9.17, 15) is 13.6 Å². The van der Waals surface area contributed by atoms with Gasteiger partial charge in [-0.1, -0.05) is 0 Å². The Hall–Kier alpha value is -1.73. The Kier molecular flexibility index (Phi) is 7.84. The van der Waals surface area contributed by atoms with E-state index in [1.54, 1.807) is 6.07 Å². The number of carbonyl (C=O) groups excluding carboxylic acids is 1. The predicted molar refractivity (Wildman–Crippen MR) is 105 cm³/mol. The summed E-state index contributed by atoms with van der Waals surface area (Å²) >= 11 is 0. The molecule has 0 aliphatic heterocycles. The van der Waals surface area contributed by atoms with Crippen molar-refractivity contribution in [3.05, 3.63) is 29.3 Å². The number of halogens is 2. The summed E-state index contributed by atoms with van der Waals surface area (Å²) in [6.07, 6.45) is 5.66. The molecule has 0 saturated heterocycles. The number of amides is 1. The molecular weight excluding hydrogens is 380 g/mol. The molecule has 2 fully saturated rings. The molecule has 2 saturated carbocycles. The van der Waals surface area contributed by atoms with Gasteiger partial charge in [0.15, 0.2) is 11.6 Å². The summed E-state index contributed by atoms with van der Waals surface area (Å²) in [5.74, 6) is -1.43. The first-order valence-corrected chi connectivity index (χ1v) is 10.5. The maximum atomic E-state index is 14.3. The lowest BCUT2D eigenvalue weighted by Crippen LogP contribution is -2.36. The van der Waals surface area contributed by atoms with Crippen LogP contribution in [0.2, 0.25) is 0 Å². The lowest BCUT2D eigenvalue weighted by atomic mass is 9.95. The van der Waals surface area contributed by atoms with Crippen LogP contribution in [0.1, 0.15) is 57.9 Å². The number of benzene rings is 1. The molecule has 7 heteroatoms. The zero-order valence-corrected chi connectivity index (χ0v) is 17.2. The van der Waals surface area contributed by atoms with Gasteiger partial charge < -0.3 is 19.5 Å². The van der Waals surface area contributed by atoms with Gasteiger partial charge in [0.2, 0.25) is 11.7 Å². The highest BCUT2D eigenvalue weighted by Crippen LogP contribution is 2.31. The van der Waals surface area contributed by atoms with Gasteiger partial charge in [-0.25, -0.2) is 4.39 Å². The monoisotopic (exact) mass is 411 g/mol. The van der Waals surface area contributed by atoms with E-state index in [2.05, 4.69) is 5.32 Å². The Morgan fingerprint density at radius 1 is 1.07 bits per heavy atom. The van der Waals surface area contributed by atoms with Crippen molar-refractivity contribution in [3.63, 3.8) is 0 Å². The minimum absolute atomic E-state index is 0.0101. The van der Waals surface area contributed by atoms with Crippen molar-refractivity contribution < 1.29 is 27.8 Å². The molecule has 1 amide bonds. The van der Waals surface area contributed by atoms with Crippen LogP contribution in [-0.2, 0) is 20.9 Å². The minimum Gasteiger partial charge on any atom is -0.490 e. The summed E-state index contributed by atoms with van der Waals surface area (Å²) in [4.78, 5) is 11.0. The van der Waals surface area contributed by atoms with Crippen molar-refractivity contribution in [2.24, 2.45) is 5.92 Å². The fraction of sp³-hybridized carbons (Fsp3) is 0.682. The maximum absolute atomic E-state index is 14.3. The molecule has 2 aliphatic carbocycles. The molecular formula is C22H31F2NO4. The molecule has 0 heterocycles. The van der Waals surface area contributed by atoms with Gasteiger partial charge in [-0.2, -0.15) is 4.39 Å². The SMILES string of the molecule is CC(=O)N[C@@H](C)COC1CCC(OCc2ccc(OCC3CC3)c(F)c2F)CC1. The van der Waals surface area contributed by atoms with Crippen LogP contribution in [0.5, 0.6) is 5.75 Å². The number of rotatable bonds is 10. The summed E-state index contributed by atoms with van der Waals surface area (Å²) in [5.41, 5.74) is 0.212. The Morgan fingerprint density at radius 2 is 1.72 bits per heavy atom. The Bertz CT molecular complexity index is 688. The molecule has 3 rings (SSSR count). The van der Waals surface area contributed by atoms with Crippen molar-refractivity contribution in [2.75, 3.05) is 13.2 Å². The highest BCUT2D eigenvalue weighted by molar-refractivity contribution is 5.73. The zero-order chi connectivity index (χ0) is 20.8. The van der Waals surface area contributed by atoms with Crippen LogP contribution in [-0.4, -0.2) is 37.4 Å². The van der Waals surface area contributed by atoms with E-state index in [1.807, 2.05) is 6.92 Å². The Labute approximate surface area is 171 Å². The summed E-state index contributed by atoms with van der Waals surface area (Å²) < 4.78 is 45.5. The summed E-state index contributed by atoms with van der Waals surface area (Å²) in [5, 5.41) is 2.80. The van der Waals surface area contributed by atoms with Gasteiger partial charge >= 0.3 is 0 Å². The van der Waals surface area contributed by atoms with Crippen molar-refractivity contribution in [1.29, 1.82) is 0 Å². The Morgan fingerprint density at radius 3 is 2.34 bits per heavy atom. The van der Waals surface area contributed by atoms with Crippen molar-refractivity contribution in [3.8, 4) is 5.75 Å². The first kappa shape index (κ1) is 22.0. The molecule has 0 unspecified atom stereocenters. The number of ether oxygens (including phenoxy) is 3. The largest absolute Gasteiger partial charge is 0.490 e. The normalized spacial score (nSPS) is 22.9. The molecule has 162 valence electrons. The number of hydrogen-bond acceptors (Lipinski definition) is 4. The van der Waals surface area contributed by atoms with E-state index in [1.165, 1.54) is 13.0 Å². The minimum atomic E-state index is -0.933. The summed E-state index contributed by atoms with van der Waals surface area (Å²) in [6.45, 7) is 4.37. The van der Waals surface area contributed by atoms with Gasteiger partial charge in [-0.15, -0.1) is 0 Å². The zero-order valence-electron chi connectivity index (χ0n) is 17.2. The van der Waals surface area contributed by atoms with Gasteiger partial charge in [0, 0.05) is 18.5 Å². The van der Waals surface area contributed by atoms with E-state index < -0.39 is 11.6 Å². The molecule has 0 spiro atoms. The molecule has 0 aromatic heterocycles. The van der Waals surface area contributed by atoms with Crippen LogP contribution in [0.25, 0.3) is 0 Å². The third-order valence-corrected chi connectivity index (χ3v) is 5.43. The molecule has 0 bridgehead atoms. The van der Waals surface area contributed by atoms with Gasteiger partial charge in [0.05, 0.1) is 32.0 Å². The van der Waals surface area contributed by atoms with E-state index in [0.29, 0.717) is 19.1 Å². The van der Waals surface area contributed by atoms with Crippen LogP contribution >= 0.6 is 0 Å². The third kappa shape index (κ3) is 6.93. The average Bonchev–Trinajstić information content (AvgIpc) is 3.51.